The minimum absolute atomic E-state index is 0.289. The van der Waals surface area contributed by atoms with Crippen molar-refractivity contribution in [3.05, 3.63) is 81.3 Å². The maximum absolute atomic E-state index is 6.05. The number of hydrogen-bond donors (Lipinski definition) is 1. The lowest BCUT2D eigenvalue weighted by Crippen LogP contribution is -2.13. The zero-order chi connectivity index (χ0) is 20.9. The van der Waals surface area contributed by atoms with Gasteiger partial charge in [0.05, 0.1) is 7.11 Å². The van der Waals surface area contributed by atoms with Crippen LogP contribution in [-0.2, 0) is 19.7 Å². The first-order chi connectivity index (χ1) is 14.6. The molecule has 0 radical (unpaired) electrons. The molecule has 0 atom stereocenters. The third-order valence-corrected chi connectivity index (χ3v) is 5.80. The van der Waals surface area contributed by atoms with Gasteiger partial charge in [-0.15, -0.1) is 0 Å². The lowest BCUT2D eigenvalue weighted by molar-refractivity contribution is 0.174. The number of halogens is 1. The van der Waals surface area contributed by atoms with Gasteiger partial charge in [0.1, 0.15) is 6.61 Å². The predicted octanol–water partition coefficient (Wildman–Crippen LogP) is 5.36. The van der Waals surface area contributed by atoms with Crippen LogP contribution in [0.3, 0.4) is 0 Å². The maximum Gasteiger partial charge on any atom is 0.231 e. The molecule has 1 heterocycles. The van der Waals surface area contributed by atoms with Gasteiger partial charge in [0.2, 0.25) is 6.79 Å². The molecule has 0 saturated heterocycles. The number of aryl methyl sites for hydroxylation is 1. The molecular weight excluding hydrogens is 446 g/mol. The summed E-state index contributed by atoms with van der Waals surface area (Å²) in [4.78, 5) is 0. The Labute approximate surface area is 185 Å². The summed E-state index contributed by atoms with van der Waals surface area (Å²) >= 11 is 3.67. The molecule has 4 rings (SSSR count). The van der Waals surface area contributed by atoms with Gasteiger partial charge in [0, 0.05) is 17.6 Å². The summed E-state index contributed by atoms with van der Waals surface area (Å²) in [6, 6.07) is 18.2. The first-order valence-electron chi connectivity index (χ1n) is 9.77. The average molecular weight is 470 g/mol. The lowest BCUT2D eigenvalue weighted by Gasteiger charge is -2.15. The standard InChI is InChI=1S/C24H24BrNO4/c1-16-5-3-4-6-18(16)14-28-24-11-20(25)19(10-22(24)27-2)13-26-12-17-7-8-21-23(9-17)30-15-29-21/h3-11,26H,12-15H2,1-2H3. The second kappa shape index (κ2) is 9.41. The van der Waals surface area contributed by atoms with E-state index in [2.05, 4.69) is 40.3 Å². The number of ether oxygens (including phenoxy) is 4. The number of hydrogen-bond acceptors (Lipinski definition) is 5. The Morgan fingerprint density at radius 3 is 2.60 bits per heavy atom. The van der Waals surface area contributed by atoms with Crippen molar-refractivity contribution in [3.8, 4) is 23.0 Å². The van der Waals surface area contributed by atoms with Gasteiger partial charge in [-0.05, 0) is 53.4 Å². The first-order valence-corrected chi connectivity index (χ1v) is 10.6. The molecule has 0 amide bonds. The van der Waals surface area contributed by atoms with Gasteiger partial charge >= 0.3 is 0 Å². The van der Waals surface area contributed by atoms with E-state index in [1.54, 1.807) is 7.11 Å². The van der Waals surface area contributed by atoms with E-state index < -0.39 is 0 Å². The van der Waals surface area contributed by atoms with E-state index in [-0.39, 0.29) is 6.79 Å². The van der Waals surface area contributed by atoms with E-state index >= 15 is 0 Å². The second-order valence-corrected chi connectivity index (χ2v) is 7.96. The molecule has 0 aromatic heterocycles. The molecule has 5 nitrogen and oxygen atoms in total. The molecule has 0 spiro atoms. The van der Waals surface area contributed by atoms with Crippen molar-refractivity contribution < 1.29 is 18.9 Å². The summed E-state index contributed by atoms with van der Waals surface area (Å²) in [7, 11) is 1.66. The quantitative estimate of drug-likeness (QED) is 0.480. The molecule has 0 saturated carbocycles. The molecule has 0 fully saturated rings. The fraction of sp³-hybridized carbons (Fsp3) is 0.250. The molecule has 1 N–H and O–H groups in total. The van der Waals surface area contributed by atoms with Crippen LogP contribution in [0.15, 0.2) is 59.1 Å². The van der Waals surface area contributed by atoms with Crippen LogP contribution in [0.25, 0.3) is 0 Å². The average Bonchev–Trinajstić information content (AvgIpc) is 3.22. The van der Waals surface area contributed by atoms with Crippen molar-refractivity contribution in [3.63, 3.8) is 0 Å². The van der Waals surface area contributed by atoms with E-state index in [9.17, 15) is 0 Å². The van der Waals surface area contributed by atoms with Crippen molar-refractivity contribution in [2.24, 2.45) is 0 Å². The second-order valence-electron chi connectivity index (χ2n) is 7.10. The molecule has 0 aliphatic carbocycles. The third-order valence-electron chi connectivity index (χ3n) is 5.06. The minimum atomic E-state index is 0.289. The summed E-state index contributed by atoms with van der Waals surface area (Å²) in [6.07, 6.45) is 0. The normalized spacial score (nSPS) is 12.1. The third kappa shape index (κ3) is 4.71. The molecule has 1 aliphatic rings. The monoisotopic (exact) mass is 469 g/mol. The van der Waals surface area contributed by atoms with Crippen LogP contribution in [0.5, 0.6) is 23.0 Å². The zero-order valence-corrected chi connectivity index (χ0v) is 18.6. The number of nitrogens with one attached hydrogen (secondary N) is 1. The Balaban J connectivity index is 1.39. The van der Waals surface area contributed by atoms with Gasteiger partial charge in [-0.25, -0.2) is 0 Å². The van der Waals surface area contributed by atoms with Crippen molar-refractivity contribution in [1.82, 2.24) is 5.32 Å². The van der Waals surface area contributed by atoms with Gasteiger partial charge in [-0.1, -0.05) is 46.3 Å². The van der Waals surface area contributed by atoms with Gasteiger partial charge < -0.3 is 24.3 Å². The van der Waals surface area contributed by atoms with Crippen LogP contribution in [0.1, 0.15) is 22.3 Å². The minimum Gasteiger partial charge on any atom is -0.493 e. The summed E-state index contributed by atoms with van der Waals surface area (Å²) in [5, 5.41) is 3.46. The smallest absolute Gasteiger partial charge is 0.231 e. The number of benzene rings is 3. The van der Waals surface area contributed by atoms with Gasteiger partial charge in [0.15, 0.2) is 23.0 Å². The van der Waals surface area contributed by atoms with Gasteiger partial charge in [-0.2, -0.15) is 0 Å². The Morgan fingerprint density at radius 1 is 0.933 bits per heavy atom. The molecule has 30 heavy (non-hydrogen) atoms. The largest absolute Gasteiger partial charge is 0.493 e. The molecule has 156 valence electrons. The topological polar surface area (TPSA) is 49.0 Å². The lowest BCUT2D eigenvalue weighted by atomic mass is 10.1. The predicted molar refractivity (Wildman–Crippen MR) is 119 cm³/mol. The van der Waals surface area contributed by atoms with E-state index in [0.29, 0.717) is 24.7 Å². The van der Waals surface area contributed by atoms with Crippen LogP contribution < -0.4 is 24.3 Å². The summed E-state index contributed by atoms with van der Waals surface area (Å²) in [6.45, 7) is 4.27. The van der Waals surface area contributed by atoms with Crippen molar-refractivity contribution in [2.45, 2.75) is 26.6 Å². The number of fused-ring (bicyclic) bond motifs is 1. The van der Waals surface area contributed by atoms with Crippen LogP contribution in [0.2, 0.25) is 0 Å². The molecule has 6 heteroatoms. The van der Waals surface area contributed by atoms with E-state index in [4.69, 9.17) is 18.9 Å². The summed E-state index contributed by atoms with van der Waals surface area (Å²) in [5.41, 5.74) is 4.60. The van der Waals surface area contributed by atoms with E-state index in [1.807, 2.05) is 42.5 Å². The van der Waals surface area contributed by atoms with E-state index in [0.717, 1.165) is 39.2 Å². The molecule has 0 unspecified atom stereocenters. The summed E-state index contributed by atoms with van der Waals surface area (Å²) < 4.78 is 23.4. The van der Waals surface area contributed by atoms with Gasteiger partial charge in [0.25, 0.3) is 0 Å². The van der Waals surface area contributed by atoms with Crippen molar-refractivity contribution >= 4 is 15.9 Å². The molecular formula is C24H24BrNO4. The molecule has 3 aromatic rings. The van der Waals surface area contributed by atoms with Crippen LogP contribution in [0, 0.1) is 6.92 Å². The Morgan fingerprint density at radius 2 is 1.77 bits per heavy atom. The number of rotatable bonds is 8. The fourth-order valence-electron chi connectivity index (χ4n) is 3.30. The van der Waals surface area contributed by atoms with Crippen molar-refractivity contribution in [1.29, 1.82) is 0 Å². The SMILES string of the molecule is COc1cc(CNCc2ccc3c(c2)OCO3)c(Br)cc1OCc1ccccc1C. The van der Waals surface area contributed by atoms with Gasteiger partial charge in [-0.3, -0.25) is 0 Å². The highest BCUT2D eigenvalue weighted by Crippen LogP contribution is 2.35. The molecule has 1 aliphatic heterocycles. The fourth-order valence-corrected chi connectivity index (χ4v) is 3.77. The van der Waals surface area contributed by atoms with Crippen LogP contribution >= 0.6 is 15.9 Å². The summed E-state index contributed by atoms with van der Waals surface area (Å²) in [5.74, 6) is 3.03. The molecule has 3 aromatic carbocycles. The van der Waals surface area contributed by atoms with Crippen molar-refractivity contribution in [2.75, 3.05) is 13.9 Å². The zero-order valence-electron chi connectivity index (χ0n) is 17.0. The van der Waals surface area contributed by atoms with E-state index in [1.165, 1.54) is 5.56 Å². The Hall–Kier alpha value is -2.70. The van der Waals surface area contributed by atoms with Crippen LogP contribution in [0.4, 0.5) is 0 Å². The molecule has 0 bridgehead atoms. The Bertz CT molecular complexity index is 1040. The highest BCUT2D eigenvalue weighted by atomic mass is 79.9. The Kier molecular flexibility index (Phi) is 6.45. The first kappa shape index (κ1) is 20.6. The highest BCUT2D eigenvalue weighted by Gasteiger charge is 2.14. The number of methoxy groups -OCH3 is 1. The highest BCUT2D eigenvalue weighted by molar-refractivity contribution is 9.10. The maximum atomic E-state index is 6.05. The van der Waals surface area contributed by atoms with Crippen LogP contribution in [-0.4, -0.2) is 13.9 Å².